The zero-order chi connectivity index (χ0) is 13.8. The molecule has 2 aromatic rings. The summed E-state index contributed by atoms with van der Waals surface area (Å²) in [5.41, 5.74) is 1.17. The molecule has 1 N–H and O–H groups in total. The Kier molecular flexibility index (Phi) is 4.45. The molecule has 0 aliphatic carbocycles. The number of rotatable bonds is 4. The largest absolute Gasteiger partial charge is 0.306 e. The van der Waals surface area contributed by atoms with E-state index >= 15 is 0 Å². The Hall–Kier alpha value is -1.52. The third-order valence-corrected chi connectivity index (χ3v) is 3.16. The van der Waals surface area contributed by atoms with Gasteiger partial charge in [0.05, 0.1) is 17.3 Å². The van der Waals surface area contributed by atoms with E-state index in [0.29, 0.717) is 17.7 Å². The average Bonchev–Trinajstić information content (AvgIpc) is 2.40. The molecule has 0 fully saturated rings. The summed E-state index contributed by atoms with van der Waals surface area (Å²) in [4.78, 5) is 3.81. The Labute approximate surface area is 115 Å². The van der Waals surface area contributed by atoms with Crippen LogP contribution >= 0.6 is 11.6 Å². The minimum atomic E-state index is -0.494. The van der Waals surface area contributed by atoms with Crippen molar-refractivity contribution >= 4 is 11.6 Å². The smallest absolute Gasteiger partial charge is 0.142 e. The van der Waals surface area contributed by atoms with E-state index in [9.17, 15) is 8.78 Å². The van der Waals surface area contributed by atoms with Gasteiger partial charge in [-0.25, -0.2) is 8.78 Å². The van der Waals surface area contributed by atoms with E-state index in [1.807, 2.05) is 6.92 Å². The van der Waals surface area contributed by atoms with Gasteiger partial charge in [-0.2, -0.15) is 0 Å². The first-order chi connectivity index (χ1) is 9.13. The quantitative estimate of drug-likeness (QED) is 0.925. The molecule has 0 aliphatic heterocycles. The molecule has 1 atom stereocenters. The molecule has 5 heteroatoms. The van der Waals surface area contributed by atoms with Crippen LogP contribution < -0.4 is 5.32 Å². The van der Waals surface area contributed by atoms with Crippen molar-refractivity contribution in [2.24, 2.45) is 0 Å². The lowest BCUT2D eigenvalue weighted by atomic mass is 10.00. The maximum absolute atomic E-state index is 13.5. The second-order valence-electron chi connectivity index (χ2n) is 4.07. The Morgan fingerprint density at radius 3 is 2.79 bits per heavy atom. The van der Waals surface area contributed by atoms with Crippen molar-refractivity contribution < 1.29 is 8.78 Å². The number of nitrogens with one attached hydrogen (secondary N) is 1. The number of hydrogen-bond acceptors (Lipinski definition) is 2. The van der Waals surface area contributed by atoms with E-state index in [-0.39, 0.29) is 5.02 Å². The van der Waals surface area contributed by atoms with Gasteiger partial charge >= 0.3 is 0 Å². The predicted octanol–water partition coefficient (Wildman–Crippen LogP) is 3.71. The van der Waals surface area contributed by atoms with Crippen LogP contribution in [0.25, 0.3) is 0 Å². The molecule has 0 aliphatic rings. The molecule has 100 valence electrons. The van der Waals surface area contributed by atoms with Gasteiger partial charge in [0, 0.05) is 6.20 Å². The monoisotopic (exact) mass is 282 g/mol. The van der Waals surface area contributed by atoms with Gasteiger partial charge in [-0.1, -0.05) is 30.7 Å². The molecule has 19 heavy (non-hydrogen) atoms. The molecule has 1 unspecified atom stereocenters. The molecule has 0 amide bonds. The molecule has 0 saturated carbocycles. The fourth-order valence-electron chi connectivity index (χ4n) is 1.94. The van der Waals surface area contributed by atoms with E-state index in [1.54, 1.807) is 12.1 Å². The molecule has 0 spiro atoms. The summed E-state index contributed by atoms with van der Waals surface area (Å²) in [6.07, 6.45) is 2.66. The second kappa shape index (κ2) is 6.08. The van der Waals surface area contributed by atoms with Crippen molar-refractivity contribution in [3.8, 4) is 0 Å². The van der Waals surface area contributed by atoms with Gasteiger partial charge in [0.2, 0.25) is 0 Å². The minimum absolute atomic E-state index is 0.0395. The van der Waals surface area contributed by atoms with Crippen LogP contribution in [0.2, 0.25) is 5.02 Å². The summed E-state index contributed by atoms with van der Waals surface area (Å²) in [5.74, 6) is -0.931. The van der Waals surface area contributed by atoms with Crippen LogP contribution in [-0.4, -0.2) is 11.5 Å². The molecule has 2 rings (SSSR count). The standard InChI is InChI=1S/C14H13ClF2N2/c1-2-19-14(9-6-10(16)8-18-7-9)11-4-3-5-12(17)13(11)15/h3-8,14,19H,2H2,1H3. The van der Waals surface area contributed by atoms with Crippen LogP contribution in [0.3, 0.4) is 0 Å². The zero-order valence-electron chi connectivity index (χ0n) is 10.3. The highest BCUT2D eigenvalue weighted by atomic mass is 35.5. The van der Waals surface area contributed by atoms with Gasteiger partial charge in [-0.3, -0.25) is 4.98 Å². The Morgan fingerprint density at radius 2 is 2.11 bits per heavy atom. The highest BCUT2D eigenvalue weighted by Crippen LogP contribution is 2.30. The first-order valence-corrected chi connectivity index (χ1v) is 6.29. The molecule has 1 heterocycles. The van der Waals surface area contributed by atoms with Gasteiger partial charge in [0.25, 0.3) is 0 Å². The van der Waals surface area contributed by atoms with Crippen molar-refractivity contribution in [1.82, 2.24) is 10.3 Å². The molecular weight excluding hydrogens is 270 g/mol. The van der Waals surface area contributed by atoms with Gasteiger partial charge in [-0.05, 0) is 29.8 Å². The van der Waals surface area contributed by atoms with Crippen molar-refractivity contribution in [1.29, 1.82) is 0 Å². The van der Waals surface area contributed by atoms with Crippen LogP contribution in [0.4, 0.5) is 8.78 Å². The maximum atomic E-state index is 13.5. The normalized spacial score (nSPS) is 12.4. The Morgan fingerprint density at radius 1 is 1.32 bits per heavy atom. The van der Waals surface area contributed by atoms with Crippen LogP contribution in [0.15, 0.2) is 36.7 Å². The van der Waals surface area contributed by atoms with Crippen molar-refractivity contribution in [2.75, 3.05) is 6.54 Å². The van der Waals surface area contributed by atoms with Gasteiger partial charge < -0.3 is 5.32 Å². The van der Waals surface area contributed by atoms with E-state index in [1.165, 1.54) is 18.3 Å². The maximum Gasteiger partial charge on any atom is 0.142 e. The van der Waals surface area contributed by atoms with E-state index < -0.39 is 17.7 Å². The minimum Gasteiger partial charge on any atom is -0.306 e. The van der Waals surface area contributed by atoms with E-state index in [2.05, 4.69) is 10.3 Å². The fourth-order valence-corrected chi connectivity index (χ4v) is 2.18. The molecule has 1 aromatic heterocycles. The predicted molar refractivity (Wildman–Crippen MR) is 71.1 cm³/mol. The number of pyridine rings is 1. The average molecular weight is 283 g/mol. The number of nitrogens with zero attached hydrogens (tertiary/aromatic N) is 1. The first kappa shape index (κ1) is 13.9. The molecule has 1 aromatic carbocycles. The van der Waals surface area contributed by atoms with Gasteiger partial charge in [-0.15, -0.1) is 0 Å². The van der Waals surface area contributed by atoms with Crippen LogP contribution in [-0.2, 0) is 0 Å². The summed E-state index contributed by atoms with van der Waals surface area (Å²) >= 11 is 5.98. The van der Waals surface area contributed by atoms with Crippen LogP contribution in [0.1, 0.15) is 24.1 Å². The fraction of sp³-hybridized carbons (Fsp3) is 0.214. The number of benzene rings is 1. The van der Waals surface area contributed by atoms with Crippen molar-refractivity contribution in [3.63, 3.8) is 0 Å². The highest BCUT2D eigenvalue weighted by Gasteiger charge is 2.18. The zero-order valence-corrected chi connectivity index (χ0v) is 11.1. The summed E-state index contributed by atoms with van der Waals surface area (Å²) in [7, 11) is 0. The lowest BCUT2D eigenvalue weighted by molar-refractivity contribution is 0.588. The number of hydrogen-bond donors (Lipinski definition) is 1. The lowest BCUT2D eigenvalue weighted by Crippen LogP contribution is -2.22. The first-order valence-electron chi connectivity index (χ1n) is 5.91. The molecule has 0 saturated heterocycles. The van der Waals surface area contributed by atoms with Gasteiger partial charge in [0.1, 0.15) is 11.6 Å². The van der Waals surface area contributed by atoms with Crippen molar-refractivity contribution in [2.45, 2.75) is 13.0 Å². The molecule has 2 nitrogen and oxygen atoms in total. The highest BCUT2D eigenvalue weighted by molar-refractivity contribution is 6.31. The Bertz CT molecular complexity index is 575. The summed E-state index contributed by atoms with van der Waals surface area (Å²) < 4.78 is 26.8. The Balaban J connectivity index is 2.48. The van der Waals surface area contributed by atoms with Crippen LogP contribution in [0.5, 0.6) is 0 Å². The van der Waals surface area contributed by atoms with E-state index in [4.69, 9.17) is 11.6 Å². The topological polar surface area (TPSA) is 24.9 Å². The third-order valence-electron chi connectivity index (χ3n) is 2.76. The molecule has 0 bridgehead atoms. The summed E-state index contributed by atoms with van der Waals surface area (Å²) in [5, 5.41) is 3.19. The van der Waals surface area contributed by atoms with Crippen molar-refractivity contribution in [3.05, 3.63) is 64.4 Å². The van der Waals surface area contributed by atoms with Gasteiger partial charge in [0.15, 0.2) is 0 Å². The van der Waals surface area contributed by atoms with E-state index in [0.717, 1.165) is 6.20 Å². The van der Waals surface area contributed by atoms with Crippen LogP contribution in [0, 0.1) is 11.6 Å². The molecule has 0 radical (unpaired) electrons. The number of aromatic nitrogens is 1. The second-order valence-corrected chi connectivity index (χ2v) is 4.45. The summed E-state index contributed by atoms with van der Waals surface area (Å²) in [6.45, 7) is 2.54. The lowest BCUT2D eigenvalue weighted by Gasteiger charge is -2.20. The third kappa shape index (κ3) is 3.08. The summed E-state index contributed by atoms with van der Waals surface area (Å²) in [6, 6.07) is 5.55. The molecular formula is C14H13ClF2N2. The SMILES string of the molecule is CCNC(c1cncc(F)c1)c1cccc(F)c1Cl. The number of halogens is 3.